The van der Waals surface area contributed by atoms with Gasteiger partial charge in [-0.25, -0.2) is 4.79 Å². The molecule has 12 heavy (non-hydrogen) atoms. The molecule has 1 amide bonds. The maximum atomic E-state index is 10.8. The van der Waals surface area contributed by atoms with Gasteiger partial charge in [-0.05, 0) is 13.3 Å². The van der Waals surface area contributed by atoms with Crippen molar-refractivity contribution < 1.29 is 14.3 Å². The van der Waals surface area contributed by atoms with E-state index in [0.29, 0.717) is 18.8 Å². The number of hydrogen-bond donors (Lipinski definition) is 1. The highest BCUT2D eigenvalue weighted by molar-refractivity contribution is 6.32. The van der Waals surface area contributed by atoms with E-state index >= 15 is 0 Å². The van der Waals surface area contributed by atoms with Gasteiger partial charge in [0.05, 0.1) is 6.61 Å². The van der Waals surface area contributed by atoms with E-state index in [2.05, 4.69) is 10.1 Å². The van der Waals surface area contributed by atoms with Gasteiger partial charge in [0.15, 0.2) is 0 Å². The van der Waals surface area contributed by atoms with Gasteiger partial charge in [-0.1, -0.05) is 0 Å². The summed E-state index contributed by atoms with van der Waals surface area (Å²) in [6, 6.07) is 0. The molecule has 0 aliphatic carbocycles. The molecule has 0 aromatic rings. The third-order valence-corrected chi connectivity index (χ3v) is 1.32. The predicted octanol–water partition coefficient (Wildman–Crippen LogP) is 0.295. The number of carbonyl (C=O) groups excluding carboxylic acids is 2. The van der Waals surface area contributed by atoms with Gasteiger partial charge in [-0.15, -0.1) is 11.6 Å². The van der Waals surface area contributed by atoms with E-state index in [4.69, 9.17) is 11.6 Å². The zero-order valence-electron chi connectivity index (χ0n) is 6.93. The molecule has 0 aliphatic heterocycles. The summed E-state index contributed by atoms with van der Waals surface area (Å²) >= 11 is 5.36. The van der Waals surface area contributed by atoms with Crippen molar-refractivity contribution in [2.75, 3.05) is 19.0 Å². The van der Waals surface area contributed by atoms with Crippen molar-refractivity contribution in [3.63, 3.8) is 0 Å². The van der Waals surface area contributed by atoms with Crippen molar-refractivity contribution in [3.05, 3.63) is 0 Å². The highest BCUT2D eigenvalue weighted by Gasteiger charge is 2.12. The lowest BCUT2D eigenvalue weighted by molar-refractivity contribution is -0.154. The summed E-state index contributed by atoms with van der Waals surface area (Å²) in [6.07, 6.45) is 0.646. The molecular formula is C7H12ClNO3. The highest BCUT2D eigenvalue weighted by atomic mass is 35.5. The van der Waals surface area contributed by atoms with Crippen LogP contribution in [-0.4, -0.2) is 30.9 Å². The standard InChI is InChI=1S/C7H12ClNO3/c1-2-12-7(11)6(10)9-5-3-4-8/h2-5H2,1H3,(H,9,10). The Morgan fingerprint density at radius 2 is 2.17 bits per heavy atom. The van der Waals surface area contributed by atoms with E-state index in [-0.39, 0.29) is 6.61 Å². The van der Waals surface area contributed by atoms with Gasteiger partial charge >= 0.3 is 11.9 Å². The Morgan fingerprint density at radius 1 is 1.50 bits per heavy atom. The lowest BCUT2D eigenvalue weighted by Crippen LogP contribution is -2.33. The van der Waals surface area contributed by atoms with Crippen LogP contribution in [0.3, 0.4) is 0 Å². The second kappa shape index (κ2) is 6.91. The summed E-state index contributed by atoms with van der Waals surface area (Å²) in [6.45, 7) is 2.26. The molecule has 0 atom stereocenters. The minimum absolute atomic E-state index is 0.210. The monoisotopic (exact) mass is 193 g/mol. The molecule has 1 N–H and O–H groups in total. The summed E-state index contributed by atoms with van der Waals surface area (Å²) in [5, 5.41) is 2.37. The predicted molar refractivity (Wildman–Crippen MR) is 45.0 cm³/mol. The molecule has 0 bridgehead atoms. The zero-order valence-corrected chi connectivity index (χ0v) is 7.69. The average Bonchev–Trinajstić information content (AvgIpc) is 2.05. The minimum atomic E-state index is -0.841. The number of alkyl halides is 1. The third-order valence-electron chi connectivity index (χ3n) is 1.06. The van der Waals surface area contributed by atoms with Crippen LogP contribution >= 0.6 is 11.6 Å². The molecule has 5 heteroatoms. The maximum Gasteiger partial charge on any atom is 0.396 e. The number of amides is 1. The number of halogens is 1. The van der Waals surface area contributed by atoms with Gasteiger partial charge in [-0.3, -0.25) is 4.79 Å². The summed E-state index contributed by atoms with van der Waals surface area (Å²) in [4.78, 5) is 21.4. The molecule has 0 fully saturated rings. The van der Waals surface area contributed by atoms with Crippen LogP contribution in [0, 0.1) is 0 Å². The van der Waals surface area contributed by atoms with Crippen LogP contribution in [0.1, 0.15) is 13.3 Å². The summed E-state index contributed by atoms with van der Waals surface area (Å²) in [5.74, 6) is -1.09. The van der Waals surface area contributed by atoms with E-state index < -0.39 is 11.9 Å². The molecular weight excluding hydrogens is 182 g/mol. The number of nitrogens with one attached hydrogen (secondary N) is 1. The maximum absolute atomic E-state index is 10.8. The minimum Gasteiger partial charge on any atom is -0.459 e. The van der Waals surface area contributed by atoms with E-state index in [1.807, 2.05) is 0 Å². The van der Waals surface area contributed by atoms with Crippen LogP contribution in [0.5, 0.6) is 0 Å². The molecule has 0 spiro atoms. The first-order valence-corrected chi connectivity index (χ1v) is 4.26. The van der Waals surface area contributed by atoms with Crippen LogP contribution in [0.15, 0.2) is 0 Å². The average molecular weight is 194 g/mol. The SMILES string of the molecule is CCOC(=O)C(=O)NCCCCl. The molecule has 0 aliphatic rings. The van der Waals surface area contributed by atoms with E-state index in [1.54, 1.807) is 6.92 Å². The molecule has 0 rings (SSSR count). The molecule has 0 aromatic carbocycles. The smallest absolute Gasteiger partial charge is 0.396 e. The van der Waals surface area contributed by atoms with E-state index in [0.717, 1.165) is 0 Å². The number of rotatable bonds is 4. The molecule has 4 nitrogen and oxygen atoms in total. The first-order chi connectivity index (χ1) is 5.72. The van der Waals surface area contributed by atoms with Crippen LogP contribution in [0.25, 0.3) is 0 Å². The molecule has 0 heterocycles. The molecule has 0 saturated carbocycles. The van der Waals surface area contributed by atoms with Crippen LogP contribution in [0.4, 0.5) is 0 Å². The second-order valence-electron chi connectivity index (χ2n) is 2.02. The van der Waals surface area contributed by atoms with Gasteiger partial charge < -0.3 is 10.1 Å². The second-order valence-corrected chi connectivity index (χ2v) is 2.40. The van der Waals surface area contributed by atoms with Crippen molar-refractivity contribution in [1.82, 2.24) is 5.32 Å². The Bertz CT molecular complexity index is 161. The topological polar surface area (TPSA) is 55.4 Å². The Morgan fingerprint density at radius 3 is 2.67 bits per heavy atom. The molecule has 0 unspecified atom stereocenters. The fourth-order valence-electron chi connectivity index (χ4n) is 0.538. The van der Waals surface area contributed by atoms with Crippen molar-refractivity contribution in [2.24, 2.45) is 0 Å². The van der Waals surface area contributed by atoms with Gasteiger partial charge in [0, 0.05) is 12.4 Å². The number of ether oxygens (including phenoxy) is 1. The normalized spacial score (nSPS) is 9.17. The lowest BCUT2D eigenvalue weighted by atomic mass is 10.4. The quantitative estimate of drug-likeness (QED) is 0.302. The third kappa shape index (κ3) is 4.96. The van der Waals surface area contributed by atoms with Crippen molar-refractivity contribution in [2.45, 2.75) is 13.3 Å². The zero-order chi connectivity index (χ0) is 9.40. The number of hydrogen-bond acceptors (Lipinski definition) is 3. The lowest BCUT2D eigenvalue weighted by Gasteiger charge is -2.02. The number of esters is 1. The molecule has 0 radical (unpaired) electrons. The van der Waals surface area contributed by atoms with Gasteiger partial charge in [0.1, 0.15) is 0 Å². The Kier molecular flexibility index (Phi) is 6.47. The molecule has 0 saturated heterocycles. The van der Waals surface area contributed by atoms with Gasteiger partial charge in [-0.2, -0.15) is 0 Å². The first kappa shape index (κ1) is 11.2. The highest BCUT2D eigenvalue weighted by Crippen LogP contribution is 1.82. The largest absolute Gasteiger partial charge is 0.459 e. The van der Waals surface area contributed by atoms with Gasteiger partial charge in [0.2, 0.25) is 0 Å². The van der Waals surface area contributed by atoms with Crippen molar-refractivity contribution >= 4 is 23.5 Å². The first-order valence-electron chi connectivity index (χ1n) is 3.73. The van der Waals surface area contributed by atoms with Crippen molar-refractivity contribution in [1.29, 1.82) is 0 Å². The van der Waals surface area contributed by atoms with Crippen LogP contribution < -0.4 is 5.32 Å². The summed E-state index contributed by atoms with van der Waals surface area (Å²) < 4.78 is 4.45. The van der Waals surface area contributed by atoms with Crippen molar-refractivity contribution in [3.8, 4) is 0 Å². The fraction of sp³-hybridized carbons (Fsp3) is 0.714. The van der Waals surface area contributed by atoms with Crippen LogP contribution in [-0.2, 0) is 14.3 Å². The number of carbonyl (C=O) groups is 2. The molecule has 70 valence electrons. The fourth-order valence-corrected chi connectivity index (χ4v) is 0.671. The van der Waals surface area contributed by atoms with E-state index in [9.17, 15) is 9.59 Å². The Balaban J connectivity index is 3.50. The van der Waals surface area contributed by atoms with Gasteiger partial charge in [0.25, 0.3) is 0 Å². The van der Waals surface area contributed by atoms with E-state index in [1.165, 1.54) is 0 Å². The summed E-state index contributed by atoms with van der Waals surface area (Å²) in [5.41, 5.74) is 0. The Labute approximate surface area is 76.2 Å². The summed E-state index contributed by atoms with van der Waals surface area (Å²) in [7, 11) is 0. The molecule has 0 aromatic heterocycles. The Hall–Kier alpha value is -0.770. The van der Waals surface area contributed by atoms with Crippen LogP contribution in [0.2, 0.25) is 0 Å².